The minimum Gasteiger partial charge on any atom is -0.494 e. The molecule has 0 unspecified atom stereocenters. The first-order chi connectivity index (χ1) is 15.6. The molecule has 0 fully saturated rings. The van der Waals surface area contributed by atoms with E-state index < -0.39 is 0 Å². The second-order valence-corrected chi connectivity index (χ2v) is 6.65. The van der Waals surface area contributed by atoms with Crippen LogP contribution in [0.3, 0.4) is 0 Å². The Labute approximate surface area is 183 Å². The number of para-hydroxylation sites is 1. The number of rotatable bonds is 7. The van der Waals surface area contributed by atoms with Gasteiger partial charge < -0.3 is 20.7 Å². The summed E-state index contributed by atoms with van der Waals surface area (Å²) in [6, 6.07) is 9.09. The number of anilines is 4. The summed E-state index contributed by atoms with van der Waals surface area (Å²) in [5.74, 6) is 1.32. The highest BCUT2D eigenvalue weighted by molar-refractivity contribution is 5.99. The lowest BCUT2D eigenvalue weighted by Gasteiger charge is -2.16. The third-order valence-electron chi connectivity index (χ3n) is 4.51. The Morgan fingerprint density at radius 1 is 1.09 bits per heavy atom. The summed E-state index contributed by atoms with van der Waals surface area (Å²) in [5, 5.41) is 13.2. The van der Waals surface area contributed by atoms with Crippen LogP contribution in [0.5, 0.6) is 5.75 Å². The fourth-order valence-corrected chi connectivity index (χ4v) is 3.02. The van der Waals surface area contributed by atoms with Crippen molar-refractivity contribution in [3.05, 3.63) is 60.8 Å². The van der Waals surface area contributed by atoms with E-state index in [1.165, 1.54) is 6.20 Å². The minimum absolute atomic E-state index is 0.274. The Morgan fingerprint density at radius 3 is 2.59 bits per heavy atom. The topological polar surface area (TPSA) is 132 Å². The highest BCUT2D eigenvalue weighted by Crippen LogP contribution is 2.36. The molecule has 0 radical (unpaired) electrons. The van der Waals surface area contributed by atoms with Gasteiger partial charge in [-0.1, -0.05) is 6.07 Å². The largest absolute Gasteiger partial charge is 0.494 e. The van der Waals surface area contributed by atoms with E-state index in [4.69, 9.17) is 4.74 Å². The Balaban J connectivity index is 1.74. The van der Waals surface area contributed by atoms with Crippen molar-refractivity contribution in [1.29, 1.82) is 0 Å². The number of carbonyl (C=O) groups excluding carboxylic acids is 1. The van der Waals surface area contributed by atoms with Crippen molar-refractivity contribution < 1.29 is 9.53 Å². The number of ether oxygens (including phenoxy) is 1. The number of benzene rings is 1. The maximum atomic E-state index is 12.4. The van der Waals surface area contributed by atoms with Crippen molar-refractivity contribution in [2.24, 2.45) is 7.05 Å². The van der Waals surface area contributed by atoms with Crippen molar-refractivity contribution in [2.75, 3.05) is 24.8 Å². The van der Waals surface area contributed by atoms with Gasteiger partial charge in [-0.3, -0.25) is 14.5 Å². The molecule has 3 heterocycles. The molecular weight excluding hydrogens is 410 g/mol. The van der Waals surface area contributed by atoms with E-state index in [1.807, 2.05) is 18.2 Å². The van der Waals surface area contributed by atoms with Crippen molar-refractivity contribution in [1.82, 2.24) is 35.0 Å². The van der Waals surface area contributed by atoms with Gasteiger partial charge in [0.05, 0.1) is 18.4 Å². The van der Waals surface area contributed by atoms with Crippen molar-refractivity contribution in [2.45, 2.75) is 0 Å². The van der Waals surface area contributed by atoms with Crippen LogP contribution in [0, 0.1) is 0 Å². The summed E-state index contributed by atoms with van der Waals surface area (Å²) < 4.78 is 7.26. The number of aromatic nitrogens is 6. The quantitative estimate of drug-likeness (QED) is 0.404. The lowest BCUT2D eigenvalue weighted by atomic mass is 10.1. The Morgan fingerprint density at radius 2 is 1.91 bits per heavy atom. The van der Waals surface area contributed by atoms with Crippen LogP contribution in [0.25, 0.3) is 11.4 Å². The molecule has 3 N–H and O–H groups in total. The minimum atomic E-state index is -0.329. The first-order valence-electron chi connectivity index (χ1n) is 9.65. The molecule has 11 nitrogen and oxygen atoms in total. The number of pyridine rings is 1. The molecule has 0 aliphatic heterocycles. The number of aryl methyl sites for hydroxylation is 1. The normalized spacial score (nSPS) is 10.5. The average Bonchev–Trinajstić information content (AvgIpc) is 3.25. The molecule has 0 saturated carbocycles. The third-order valence-corrected chi connectivity index (χ3v) is 4.51. The maximum Gasteiger partial charge on any atom is 0.256 e. The fraction of sp³-hybridized carbons (Fsp3) is 0.143. The van der Waals surface area contributed by atoms with Crippen LogP contribution in [0.2, 0.25) is 0 Å². The SMILES string of the molecule is CNC(=O)c1cnc(Nc2ccncc2)nc1Nc1cccc(-c2ncn(C)n2)c1OC. The molecule has 0 bridgehead atoms. The predicted octanol–water partition coefficient (Wildman–Crippen LogP) is 2.52. The second-order valence-electron chi connectivity index (χ2n) is 6.65. The molecule has 162 valence electrons. The van der Waals surface area contributed by atoms with E-state index in [-0.39, 0.29) is 11.5 Å². The molecular formula is C21H21N9O2. The van der Waals surface area contributed by atoms with E-state index in [9.17, 15) is 4.79 Å². The van der Waals surface area contributed by atoms with Gasteiger partial charge in [0.2, 0.25) is 5.95 Å². The number of amides is 1. The molecule has 1 aromatic carbocycles. The van der Waals surface area contributed by atoms with E-state index in [0.717, 1.165) is 5.69 Å². The van der Waals surface area contributed by atoms with Gasteiger partial charge in [0.1, 0.15) is 17.7 Å². The van der Waals surface area contributed by atoms with Crippen molar-refractivity contribution in [3.63, 3.8) is 0 Å². The van der Waals surface area contributed by atoms with E-state index in [2.05, 4.69) is 41.0 Å². The monoisotopic (exact) mass is 431 g/mol. The van der Waals surface area contributed by atoms with Crippen LogP contribution >= 0.6 is 0 Å². The fourth-order valence-electron chi connectivity index (χ4n) is 3.02. The number of hydrogen-bond acceptors (Lipinski definition) is 9. The average molecular weight is 431 g/mol. The van der Waals surface area contributed by atoms with Crippen LogP contribution in [-0.4, -0.2) is 49.8 Å². The van der Waals surface area contributed by atoms with Gasteiger partial charge in [0.25, 0.3) is 5.91 Å². The van der Waals surface area contributed by atoms with Gasteiger partial charge in [0, 0.05) is 38.4 Å². The summed E-state index contributed by atoms with van der Waals surface area (Å²) in [4.78, 5) is 29.5. The first kappa shape index (κ1) is 20.7. The van der Waals surface area contributed by atoms with E-state index >= 15 is 0 Å². The van der Waals surface area contributed by atoms with Crippen molar-refractivity contribution in [3.8, 4) is 17.1 Å². The zero-order valence-electron chi connectivity index (χ0n) is 17.7. The molecule has 11 heteroatoms. The summed E-state index contributed by atoms with van der Waals surface area (Å²) >= 11 is 0. The summed E-state index contributed by atoms with van der Waals surface area (Å²) in [5.41, 5.74) is 2.33. The number of nitrogens with one attached hydrogen (secondary N) is 3. The van der Waals surface area contributed by atoms with Crippen LogP contribution in [0.15, 0.2) is 55.2 Å². The van der Waals surface area contributed by atoms with Crippen molar-refractivity contribution >= 4 is 29.0 Å². The summed E-state index contributed by atoms with van der Waals surface area (Å²) in [6.07, 6.45) is 6.37. The highest BCUT2D eigenvalue weighted by atomic mass is 16.5. The van der Waals surface area contributed by atoms with Gasteiger partial charge in [-0.05, 0) is 24.3 Å². The van der Waals surface area contributed by atoms with Crippen LogP contribution in [0.1, 0.15) is 10.4 Å². The number of nitrogens with zero attached hydrogens (tertiary/aromatic N) is 6. The van der Waals surface area contributed by atoms with Gasteiger partial charge in [-0.2, -0.15) is 10.1 Å². The molecule has 3 aromatic heterocycles. The van der Waals surface area contributed by atoms with Crippen LogP contribution in [0.4, 0.5) is 23.1 Å². The smallest absolute Gasteiger partial charge is 0.256 e. The predicted molar refractivity (Wildman–Crippen MR) is 119 cm³/mol. The van der Waals surface area contributed by atoms with Gasteiger partial charge >= 0.3 is 0 Å². The Bertz CT molecular complexity index is 1240. The lowest BCUT2D eigenvalue weighted by molar-refractivity contribution is 0.0963. The van der Waals surface area contributed by atoms with Gasteiger partial charge in [0.15, 0.2) is 11.6 Å². The summed E-state index contributed by atoms with van der Waals surface area (Å²) in [6.45, 7) is 0. The Kier molecular flexibility index (Phi) is 5.88. The van der Waals surface area contributed by atoms with Crippen LogP contribution < -0.4 is 20.7 Å². The van der Waals surface area contributed by atoms with E-state index in [1.54, 1.807) is 56.7 Å². The zero-order chi connectivity index (χ0) is 22.5. The molecule has 0 aliphatic rings. The molecule has 32 heavy (non-hydrogen) atoms. The lowest BCUT2D eigenvalue weighted by Crippen LogP contribution is -2.20. The van der Waals surface area contributed by atoms with E-state index in [0.29, 0.717) is 34.6 Å². The molecule has 4 aromatic rings. The van der Waals surface area contributed by atoms with Crippen LogP contribution in [-0.2, 0) is 7.05 Å². The second kappa shape index (κ2) is 9.08. The molecule has 0 aliphatic carbocycles. The zero-order valence-corrected chi connectivity index (χ0v) is 17.7. The Hall–Kier alpha value is -4.54. The van der Waals surface area contributed by atoms with Gasteiger partial charge in [-0.15, -0.1) is 0 Å². The number of hydrogen-bond donors (Lipinski definition) is 3. The molecule has 1 amide bonds. The molecule has 0 spiro atoms. The highest BCUT2D eigenvalue weighted by Gasteiger charge is 2.19. The standard InChI is InChI=1S/C21H21N9O2/c1-22-20(31)15-11-24-21(26-13-7-9-23-10-8-13)28-19(15)27-16-6-4-5-14(17(16)32-3)18-25-12-30(2)29-18/h4-12H,1-3H3,(H,22,31)(H2,23,24,26,27,28). The maximum absolute atomic E-state index is 12.4. The summed E-state index contributed by atoms with van der Waals surface area (Å²) in [7, 11) is 4.89. The first-order valence-corrected chi connectivity index (χ1v) is 9.65. The number of carbonyl (C=O) groups is 1. The molecule has 0 saturated heterocycles. The third kappa shape index (κ3) is 4.31. The molecule has 0 atom stereocenters. The van der Waals surface area contributed by atoms with Gasteiger partial charge in [-0.25, -0.2) is 9.97 Å². The molecule has 4 rings (SSSR count). The number of methoxy groups -OCH3 is 1.